The van der Waals surface area contributed by atoms with Crippen LogP contribution in [0, 0.1) is 6.92 Å². The lowest BCUT2D eigenvalue weighted by Crippen LogP contribution is -2.49. The second-order valence-electron chi connectivity index (χ2n) is 14.1. The number of carbonyl (C=O) groups is 2. The van der Waals surface area contributed by atoms with Crippen molar-refractivity contribution in [1.82, 2.24) is 24.6 Å². The van der Waals surface area contributed by atoms with E-state index in [0.717, 1.165) is 66.0 Å². The Kier molecular flexibility index (Phi) is 11.5. The van der Waals surface area contributed by atoms with Crippen LogP contribution in [0.2, 0.25) is 0 Å². The Morgan fingerprint density at radius 3 is 2.31 bits per heavy atom. The van der Waals surface area contributed by atoms with E-state index in [2.05, 4.69) is 51.5 Å². The summed E-state index contributed by atoms with van der Waals surface area (Å²) >= 11 is 0. The number of benzene rings is 3. The van der Waals surface area contributed by atoms with Gasteiger partial charge in [0.1, 0.15) is 24.0 Å². The number of urea groups is 1. The van der Waals surface area contributed by atoms with Crippen molar-refractivity contribution in [2.24, 2.45) is 0 Å². The third-order valence-electron chi connectivity index (χ3n) is 9.06. The van der Waals surface area contributed by atoms with Crippen LogP contribution in [0.5, 0.6) is 5.75 Å². The van der Waals surface area contributed by atoms with Gasteiger partial charge in [0.05, 0.1) is 30.2 Å². The zero-order chi connectivity index (χ0) is 36.7. The topological polar surface area (TPSA) is 126 Å². The fraction of sp³-hybridized carbons (Fsp3) is 0.350. The number of piperazine rings is 1. The van der Waals surface area contributed by atoms with Gasteiger partial charge in [-0.3, -0.25) is 19.9 Å². The van der Waals surface area contributed by atoms with Crippen LogP contribution in [0.4, 0.5) is 22.1 Å². The molecule has 3 amide bonds. The maximum atomic E-state index is 13.4. The van der Waals surface area contributed by atoms with E-state index in [0.29, 0.717) is 36.2 Å². The number of fused-ring (bicyclic) bond motifs is 1. The number of nitrogens with one attached hydrogen (secondary N) is 3. The number of hydrogen-bond acceptors (Lipinski definition) is 8. The van der Waals surface area contributed by atoms with Gasteiger partial charge in [0, 0.05) is 68.3 Å². The number of nitrogens with zero attached hydrogens (tertiary/aromatic N) is 5. The van der Waals surface area contributed by atoms with Crippen LogP contribution in [-0.4, -0.2) is 89.5 Å². The zero-order valence-electron chi connectivity index (χ0n) is 30.6. The molecule has 6 rings (SSSR count). The van der Waals surface area contributed by atoms with Gasteiger partial charge in [-0.25, -0.2) is 14.5 Å². The Hall–Kier alpha value is -5.30. The number of methoxy groups -OCH3 is 1. The second kappa shape index (κ2) is 16.4. The molecule has 0 saturated carbocycles. The quantitative estimate of drug-likeness (QED) is 0.135. The van der Waals surface area contributed by atoms with Gasteiger partial charge in [-0.15, -0.1) is 0 Å². The number of rotatable bonds is 12. The second-order valence-corrected chi connectivity index (χ2v) is 14.1. The van der Waals surface area contributed by atoms with Gasteiger partial charge in [0.25, 0.3) is 0 Å². The first-order valence-electron chi connectivity index (χ1n) is 17.6. The van der Waals surface area contributed by atoms with Crippen LogP contribution in [-0.2, 0) is 21.6 Å². The van der Waals surface area contributed by atoms with E-state index in [1.165, 1.54) is 0 Å². The van der Waals surface area contributed by atoms with Gasteiger partial charge in [-0.05, 0) is 48.9 Å². The van der Waals surface area contributed by atoms with Gasteiger partial charge < -0.3 is 20.1 Å². The fourth-order valence-electron chi connectivity index (χ4n) is 6.07. The molecule has 0 aliphatic carbocycles. The Labute approximate surface area is 305 Å². The minimum atomic E-state index is -0.386. The molecular formula is C40H48N8O4. The molecule has 3 heterocycles. The largest absolute Gasteiger partial charge is 0.488 e. The average molecular weight is 705 g/mol. The molecule has 1 aliphatic rings. The van der Waals surface area contributed by atoms with Gasteiger partial charge in [-0.1, -0.05) is 62.7 Å². The molecule has 52 heavy (non-hydrogen) atoms. The van der Waals surface area contributed by atoms with E-state index in [-0.39, 0.29) is 24.0 Å². The number of pyridine rings is 1. The molecule has 12 heteroatoms. The van der Waals surface area contributed by atoms with E-state index in [9.17, 15) is 9.59 Å². The van der Waals surface area contributed by atoms with Crippen LogP contribution in [0.15, 0.2) is 85.1 Å². The summed E-state index contributed by atoms with van der Waals surface area (Å²) in [5, 5.41) is 15.5. The van der Waals surface area contributed by atoms with Crippen molar-refractivity contribution >= 4 is 40.0 Å². The highest BCUT2D eigenvalue weighted by Gasteiger charge is 2.22. The lowest BCUT2D eigenvalue weighted by Gasteiger charge is -2.34. The molecule has 2 aromatic heterocycles. The lowest BCUT2D eigenvalue weighted by atomic mass is 9.92. The summed E-state index contributed by atoms with van der Waals surface area (Å²) in [6, 6.07) is 24.7. The van der Waals surface area contributed by atoms with Gasteiger partial charge >= 0.3 is 6.03 Å². The number of amides is 3. The molecule has 5 aromatic rings. The average Bonchev–Trinajstić information content (AvgIpc) is 3.56. The molecule has 0 spiro atoms. The first kappa shape index (κ1) is 36.5. The number of carbonyl (C=O) groups excluding carboxylic acids is 2. The normalized spacial score (nSPS) is 13.9. The van der Waals surface area contributed by atoms with E-state index >= 15 is 0 Å². The third kappa shape index (κ3) is 9.32. The van der Waals surface area contributed by atoms with Crippen LogP contribution < -0.4 is 20.7 Å². The van der Waals surface area contributed by atoms with Crippen LogP contribution in [0.1, 0.15) is 37.6 Å². The van der Waals surface area contributed by atoms with Gasteiger partial charge in [0.15, 0.2) is 0 Å². The van der Waals surface area contributed by atoms with Crippen LogP contribution in [0.25, 0.3) is 16.5 Å². The Bertz CT molecular complexity index is 2000. The van der Waals surface area contributed by atoms with Crippen molar-refractivity contribution in [1.29, 1.82) is 0 Å². The minimum absolute atomic E-state index is 0.0942. The van der Waals surface area contributed by atoms with Crippen molar-refractivity contribution in [3.05, 3.63) is 102 Å². The van der Waals surface area contributed by atoms with Crippen molar-refractivity contribution in [3.63, 3.8) is 0 Å². The fourth-order valence-corrected chi connectivity index (χ4v) is 6.07. The molecule has 3 aromatic carbocycles. The summed E-state index contributed by atoms with van der Waals surface area (Å²) in [6.07, 6.45) is 1.67. The smallest absolute Gasteiger partial charge is 0.324 e. The van der Waals surface area contributed by atoms with Crippen LogP contribution >= 0.6 is 0 Å². The van der Waals surface area contributed by atoms with E-state index in [4.69, 9.17) is 14.6 Å². The van der Waals surface area contributed by atoms with E-state index in [1.54, 1.807) is 18.0 Å². The predicted octanol–water partition coefficient (Wildman–Crippen LogP) is 6.45. The SMILES string of the molecule is COCCN1CCN(CC(=O)Nc2cc(COc3ccc(NC(=O)Nc4cc(C(C)(C)C)nn4-c4ccc(C)cc4)c4ccccc34)ccn2)CC1. The lowest BCUT2D eigenvalue weighted by molar-refractivity contribution is -0.117. The Morgan fingerprint density at radius 1 is 0.846 bits per heavy atom. The molecule has 1 aliphatic heterocycles. The maximum absolute atomic E-state index is 13.4. The Morgan fingerprint density at radius 2 is 1.58 bits per heavy atom. The standard InChI is InChI=1S/C40H48N8O4/c1-28-10-12-30(13-11-28)48-37(25-35(45-48)40(2,3)4)44-39(50)42-33-14-15-34(32-9-7-6-8-31(32)33)52-27-29-16-17-41-36(24-29)43-38(49)26-47-20-18-46(19-21-47)22-23-51-5/h6-17,24-25H,18-23,26-27H2,1-5H3,(H,41,43,49)(H2,42,44,50). The molecule has 12 nitrogen and oxygen atoms in total. The molecule has 272 valence electrons. The summed E-state index contributed by atoms with van der Waals surface area (Å²) in [5.74, 6) is 1.63. The van der Waals surface area contributed by atoms with Crippen molar-refractivity contribution in [2.45, 2.75) is 39.7 Å². The van der Waals surface area contributed by atoms with Crippen molar-refractivity contribution < 1.29 is 19.1 Å². The predicted molar refractivity (Wildman–Crippen MR) is 206 cm³/mol. The number of ether oxygens (including phenoxy) is 2. The molecule has 0 atom stereocenters. The highest BCUT2D eigenvalue weighted by atomic mass is 16.5. The molecule has 3 N–H and O–H groups in total. The monoisotopic (exact) mass is 704 g/mol. The summed E-state index contributed by atoms with van der Waals surface area (Å²) in [7, 11) is 1.71. The minimum Gasteiger partial charge on any atom is -0.488 e. The number of aromatic nitrogens is 3. The third-order valence-corrected chi connectivity index (χ3v) is 9.06. The first-order valence-corrected chi connectivity index (χ1v) is 17.6. The number of anilines is 3. The zero-order valence-corrected chi connectivity index (χ0v) is 30.6. The molecule has 1 saturated heterocycles. The summed E-state index contributed by atoms with van der Waals surface area (Å²) in [6.45, 7) is 14.0. The highest BCUT2D eigenvalue weighted by molar-refractivity contribution is 6.07. The highest BCUT2D eigenvalue weighted by Crippen LogP contribution is 2.33. The van der Waals surface area contributed by atoms with Crippen LogP contribution in [0.3, 0.4) is 0 Å². The van der Waals surface area contributed by atoms with E-state index in [1.807, 2.05) is 85.8 Å². The summed E-state index contributed by atoms with van der Waals surface area (Å²) in [4.78, 5) is 35.1. The van der Waals surface area contributed by atoms with Crippen molar-refractivity contribution in [3.8, 4) is 11.4 Å². The number of aryl methyl sites for hydroxylation is 1. The summed E-state index contributed by atoms with van der Waals surface area (Å²) < 4.78 is 13.2. The molecule has 0 unspecified atom stereocenters. The van der Waals surface area contributed by atoms with E-state index < -0.39 is 0 Å². The molecule has 1 fully saturated rings. The van der Waals surface area contributed by atoms with Crippen molar-refractivity contribution in [2.75, 3.05) is 68.9 Å². The number of hydrogen-bond donors (Lipinski definition) is 3. The van der Waals surface area contributed by atoms with Gasteiger partial charge in [0.2, 0.25) is 5.91 Å². The maximum Gasteiger partial charge on any atom is 0.324 e. The molecule has 0 radical (unpaired) electrons. The first-order chi connectivity index (χ1) is 25.1. The Balaban J connectivity index is 1.09. The molecular weight excluding hydrogens is 656 g/mol. The van der Waals surface area contributed by atoms with Gasteiger partial charge in [-0.2, -0.15) is 5.10 Å². The summed E-state index contributed by atoms with van der Waals surface area (Å²) in [5.41, 5.74) is 4.16. The molecule has 0 bridgehead atoms.